The highest BCUT2D eigenvalue weighted by Gasteiger charge is 2.46. The van der Waals surface area contributed by atoms with Crippen molar-refractivity contribution in [1.29, 1.82) is 0 Å². The molecule has 0 spiro atoms. The lowest BCUT2D eigenvalue weighted by Crippen LogP contribution is -2.47. The van der Waals surface area contributed by atoms with E-state index in [4.69, 9.17) is 0 Å². The van der Waals surface area contributed by atoms with Gasteiger partial charge in [-0.05, 0) is 23.1 Å². The molecule has 3 atom stereocenters. The van der Waals surface area contributed by atoms with Gasteiger partial charge in [0.1, 0.15) is 12.2 Å². The number of H-pyrrole nitrogens is 1. The molecule has 1 aliphatic carbocycles. The summed E-state index contributed by atoms with van der Waals surface area (Å²) < 4.78 is 80.5. The van der Waals surface area contributed by atoms with E-state index < -0.39 is 66.5 Å². The molecule has 14 heteroatoms. The topological polar surface area (TPSA) is 104 Å². The van der Waals surface area contributed by atoms with Gasteiger partial charge < -0.3 is 10.2 Å². The third kappa shape index (κ3) is 5.80. The predicted molar refractivity (Wildman–Crippen MR) is 128 cm³/mol. The first-order valence-corrected chi connectivity index (χ1v) is 12.5. The predicted octanol–water partition coefficient (Wildman–Crippen LogP) is 4.12. The lowest BCUT2D eigenvalue weighted by atomic mass is 9.77. The highest BCUT2D eigenvalue weighted by Crippen LogP contribution is 2.48. The number of hydrogen-bond acceptors (Lipinski definition) is 5. The number of benzene rings is 1. The van der Waals surface area contributed by atoms with E-state index in [9.17, 15) is 35.9 Å². The number of nitrogens with one attached hydrogen (secondary N) is 2. The first-order chi connectivity index (χ1) is 18.9. The molecule has 40 heavy (non-hydrogen) atoms. The summed E-state index contributed by atoms with van der Waals surface area (Å²) >= 11 is 0. The number of carbonyl (C=O) groups excluding carboxylic acids is 2. The number of rotatable bonds is 7. The van der Waals surface area contributed by atoms with E-state index in [2.05, 4.69) is 20.6 Å². The summed E-state index contributed by atoms with van der Waals surface area (Å²) in [4.78, 5) is 31.6. The fraction of sp³-hybridized carbons (Fsp3) is 0.423. The molecule has 3 heterocycles. The molecule has 8 nitrogen and oxygen atoms in total. The number of hydrogen-bond donors (Lipinski definition) is 2. The van der Waals surface area contributed by atoms with Gasteiger partial charge in [-0.2, -0.15) is 13.2 Å². The van der Waals surface area contributed by atoms with Crippen LogP contribution in [-0.4, -0.2) is 61.8 Å². The number of likely N-dealkylation sites (tertiary alicyclic amines) is 1. The molecule has 0 unspecified atom stereocenters. The Balaban J connectivity index is 1.34. The second-order valence-electron chi connectivity index (χ2n) is 10.0. The molecule has 5 rings (SSSR count). The van der Waals surface area contributed by atoms with Crippen LogP contribution in [0.4, 0.5) is 26.3 Å². The second kappa shape index (κ2) is 10.5. The monoisotopic (exact) mass is 566 g/mol. The van der Waals surface area contributed by atoms with Crippen molar-refractivity contribution >= 4 is 11.8 Å². The molecule has 0 radical (unpaired) electrons. The first kappa shape index (κ1) is 27.6. The maximum Gasteiger partial charge on any atom is 0.437 e. The summed E-state index contributed by atoms with van der Waals surface area (Å²) in [6.07, 6.45) is -6.59. The van der Waals surface area contributed by atoms with Crippen LogP contribution in [0.3, 0.4) is 0 Å². The minimum Gasteiger partial charge on any atom is -0.342 e. The van der Waals surface area contributed by atoms with Crippen LogP contribution in [-0.2, 0) is 22.2 Å². The lowest BCUT2D eigenvalue weighted by molar-refractivity contribution is -0.143. The molecular formula is C26H24F6N6O2. The summed E-state index contributed by atoms with van der Waals surface area (Å²) in [5.74, 6) is -4.62. The Labute approximate surface area is 224 Å². The normalized spacial score (nSPS) is 21.6. The molecule has 2 fully saturated rings. The summed E-state index contributed by atoms with van der Waals surface area (Å²) in [7, 11) is 0. The molecule has 2 N–H and O–H groups in total. The molecular weight excluding hydrogens is 542 g/mol. The van der Waals surface area contributed by atoms with E-state index in [0.717, 1.165) is 4.90 Å². The Morgan fingerprint density at radius 3 is 2.48 bits per heavy atom. The molecule has 2 aliphatic rings. The number of carbonyl (C=O) groups is 2. The standard InChI is InChI=1S/C26H24F6N6O2/c27-17-8-20(38(13-17)21(39)9-19-23(26(30,31)32)36-37-35-19)24(40)34-22(14-4-2-1-3-5-14)18-7-6-15(12-33-18)16-10-25(28,29)11-16/h1-7,12,16-17,20,22H,8-11,13H2,(H,34,40)(H,35,36,37)/t17-,20+,22+/m1/s1. The summed E-state index contributed by atoms with van der Waals surface area (Å²) in [6, 6.07) is 9.87. The van der Waals surface area contributed by atoms with Crippen LogP contribution < -0.4 is 5.32 Å². The molecule has 212 valence electrons. The average molecular weight is 567 g/mol. The van der Waals surface area contributed by atoms with E-state index in [1.807, 2.05) is 5.10 Å². The van der Waals surface area contributed by atoms with Crippen LogP contribution in [0, 0.1) is 0 Å². The van der Waals surface area contributed by atoms with Gasteiger partial charge in [-0.3, -0.25) is 19.7 Å². The number of nitrogens with zero attached hydrogens (tertiary/aromatic N) is 4. The highest BCUT2D eigenvalue weighted by atomic mass is 19.4. The zero-order valence-corrected chi connectivity index (χ0v) is 20.8. The smallest absolute Gasteiger partial charge is 0.342 e. The van der Waals surface area contributed by atoms with Crippen molar-refractivity contribution in [3.8, 4) is 0 Å². The maximum atomic E-state index is 14.4. The van der Waals surface area contributed by atoms with E-state index >= 15 is 0 Å². The SMILES string of the molecule is O=C(N[C@@H](c1ccccc1)c1ccc(C2CC(F)(F)C2)cn1)[C@@H]1C[C@@H](F)CN1C(=O)Cc1[nH]nnc1C(F)(F)F. The third-order valence-corrected chi connectivity index (χ3v) is 7.18. The Morgan fingerprint density at radius 1 is 1.12 bits per heavy atom. The third-order valence-electron chi connectivity index (χ3n) is 7.18. The average Bonchev–Trinajstić information content (AvgIpc) is 3.53. The van der Waals surface area contributed by atoms with Gasteiger partial charge in [0.25, 0.3) is 0 Å². The van der Waals surface area contributed by atoms with Crippen molar-refractivity contribution in [3.63, 3.8) is 0 Å². The number of alkyl halides is 6. The molecule has 0 bridgehead atoms. The zero-order chi connectivity index (χ0) is 28.7. The van der Waals surface area contributed by atoms with Crippen LogP contribution in [0.25, 0.3) is 0 Å². The van der Waals surface area contributed by atoms with Crippen LogP contribution >= 0.6 is 0 Å². The molecule has 1 saturated carbocycles. The Bertz CT molecular complexity index is 1360. The van der Waals surface area contributed by atoms with Gasteiger partial charge in [0.2, 0.25) is 17.7 Å². The minimum absolute atomic E-state index is 0.262. The maximum absolute atomic E-state index is 14.4. The molecule has 1 saturated heterocycles. The number of aromatic amines is 1. The van der Waals surface area contributed by atoms with Gasteiger partial charge >= 0.3 is 6.18 Å². The van der Waals surface area contributed by atoms with E-state index in [1.54, 1.807) is 42.5 Å². The lowest BCUT2D eigenvalue weighted by Gasteiger charge is -2.35. The largest absolute Gasteiger partial charge is 0.437 e. The Morgan fingerprint density at radius 2 is 1.85 bits per heavy atom. The highest BCUT2D eigenvalue weighted by molar-refractivity contribution is 5.89. The molecule has 2 aromatic heterocycles. The van der Waals surface area contributed by atoms with Crippen molar-refractivity contribution < 1.29 is 35.9 Å². The van der Waals surface area contributed by atoms with Gasteiger partial charge in [-0.1, -0.05) is 41.6 Å². The van der Waals surface area contributed by atoms with Crippen molar-refractivity contribution in [3.05, 3.63) is 76.9 Å². The van der Waals surface area contributed by atoms with E-state index in [1.165, 1.54) is 6.20 Å². The summed E-state index contributed by atoms with van der Waals surface area (Å²) in [5, 5.41) is 10.9. The molecule has 1 aliphatic heterocycles. The molecule has 2 amide bonds. The van der Waals surface area contributed by atoms with Crippen molar-refractivity contribution in [1.82, 2.24) is 30.6 Å². The van der Waals surface area contributed by atoms with Gasteiger partial charge in [-0.25, -0.2) is 13.2 Å². The minimum atomic E-state index is -4.85. The second-order valence-corrected chi connectivity index (χ2v) is 10.0. The van der Waals surface area contributed by atoms with Gasteiger partial charge in [0.15, 0.2) is 5.69 Å². The zero-order valence-electron chi connectivity index (χ0n) is 20.8. The Kier molecular flexibility index (Phi) is 7.27. The van der Waals surface area contributed by atoms with Crippen LogP contribution in [0.15, 0.2) is 48.7 Å². The van der Waals surface area contributed by atoms with Crippen LogP contribution in [0.1, 0.15) is 59.4 Å². The number of amides is 2. The fourth-order valence-electron chi connectivity index (χ4n) is 5.10. The van der Waals surface area contributed by atoms with Crippen molar-refractivity contribution in [2.75, 3.05) is 6.54 Å². The number of pyridine rings is 1. The summed E-state index contributed by atoms with van der Waals surface area (Å²) in [5.41, 5.74) is -0.290. The van der Waals surface area contributed by atoms with Crippen molar-refractivity contribution in [2.24, 2.45) is 0 Å². The number of aromatic nitrogens is 4. The van der Waals surface area contributed by atoms with E-state index in [-0.39, 0.29) is 25.2 Å². The van der Waals surface area contributed by atoms with Gasteiger partial charge in [0, 0.05) is 25.5 Å². The molecule has 1 aromatic carbocycles. The first-order valence-electron chi connectivity index (χ1n) is 12.5. The molecule has 3 aromatic rings. The fourth-order valence-corrected chi connectivity index (χ4v) is 5.10. The van der Waals surface area contributed by atoms with Gasteiger partial charge in [-0.15, -0.1) is 5.10 Å². The quantitative estimate of drug-likeness (QED) is 0.419. The summed E-state index contributed by atoms with van der Waals surface area (Å²) in [6.45, 7) is -0.463. The van der Waals surface area contributed by atoms with E-state index in [0.29, 0.717) is 16.8 Å². The van der Waals surface area contributed by atoms with Crippen LogP contribution in [0.5, 0.6) is 0 Å². The van der Waals surface area contributed by atoms with Crippen molar-refractivity contribution in [2.45, 2.75) is 62.0 Å². The number of halogens is 6. The van der Waals surface area contributed by atoms with Gasteiger partial charge in [0.05, 0.1) is 30.4 Å². The van der Waals surface area contributed by atoms with Crippen LogP contribution in [0.2, 0.25) is 0 Å². The Hall–Kier alpha value is -3.97.